The summed E-state index contributed by atoms with van der Waals surface area (Å²) in [6.07, 6.45) is 6.42. The molecular formula is C10H18O3. The third-order valence-corrected chi connectivity index (χ3v) is 2.81. The predicted octanol–water partition coefficient (Wildman–Crippen LogP) is 1.75. The van der Waals surface area contributed by atoms with Crippen molar-refractivity contribution in [2.75, 3.05) is 13.7 Å². The molecule has 1 aliphatic rings. The summed E-state index contributed by atoms with van der Waals surface area (Å²) >= 11 is 0. The van der Waals surface area contributed by atoms with E-state index in [1.807, 2.05) is 0 Å². The van der Waals surface area contributed by atoms with Gasteiger partial charge in [-0.15, -0.1) is 0 Å². The van der Waals surface area contributed by atoms with E-state index in [-0.39, 0.29) is 6.10 Å². The second-order valence-corrected chi connectivity index (χ2v) is 3.60. The molecule has 0 radical (unpaired) electrons. The van der Waals surface area contributed by atoms with Crippen molar-refractivity contribution in [3.05, 3.63) is 0 Å². The van der Waals surface area contributed by atoms with Crippen molar-refractivity contribution in [2.24, 2.45) is 5.92 Å². The Balaban J connectivity index is 2.29. The molecule has 3 heteroatoms. The Morgan fingerprint density at radius 2 is 2.08 bits per heavy atom. The Bertz CT molecular complexity index is 141. The molecule has 0 aromatic heterocycles. The van der Waals surface area contributed by atoms with Gasteiger partial charge in [0.15, 0.2) is 0 Å². The summed E-state index contributed by atoms with van der Waals surface area (Å²) in [5.41, 5.74) is 0. The Labute approximate surface area is 79.4 Å². The zero-order valence-corrected chi connectivity index (χ0v) is 8.20. The lowest BCUT2D eigenvalue weighted by molar-refractivity contribution is -0.133. The Kier molecular flexibility index (Phi) is 4.83. The summed E-state index contributed by atoms with van der Waals surface area (Å²) in [7, 11) is 1.69. The molecule has 0 amide bonds. The van der Waals surface area contributed by atoms with Crippen LogP contribution >= 0.6 is 0 Å². The van der Waals surface area contributed by atoms with Gasteiger partial charge in [-0.2, -0.15) is 0 Å². The number of hydrogen-bond donors (Lipinski definition) is 0. The quantitative estimate of drug-likeness (QED) is 0.614. The Hall–Kier alpha value is -0.570. The molecule has 76 valence electrons. The van der Waals surface area contributed by atoms with Gasteiger partial charge in [-0.3, -0.25) is 4.79 Å². The number of methoxy groups -OCH3 is 1. The molecule has 3 nitrogen and oxygen atoms in total. The molecule has 0 N–H and O–H groups in total. The second-order valence-electron chi connectivity index (χ2n) is 3.60. The third-order valence-electron chi connectivity index (χ3n) is 2.81. The van der Waals surface area contributed by atoms with Crippen LogP contribution in [-0.4, -0.2) is 26.3 Å². The van der Waals surface area contributed by atoms with E-state index in [9.17, 15) is 4.79 Å². The minimum atomic E-state index is 0.102. The maximum atomic E-state index is 10.0. The SMILES string of the molecule is COC(COC=O)C1CCCCC1. The van der Waals surface area contributed by atoms with Crippen LogP contribution in [0.5, 0.6) is 0 Å². The van der Waals surface area contributed by atoms with E-state index >= 15 is 0 Å². The third kappa shape index (κ3) is 3.35. The number of rotatable bonds is 5. The minimum absolute atomic E-state index is 0.102. The minimum Gasteiger partial charge on any atom is -0.465 e. The van der Waals surface area contributed by atoms with Crippen molar-refractivity contribution >= 4 is 6.47 Å². The van der Waals surface area contributed by atoms with Gasteiger partial charge in [-0.05, 0) is 18.8 Å². The summed E-state index contributed by atoms with van der Waals surface area (Å²) in [5, 5.41) is 0. The van der Waals surface area contributed by atoms with Crippen LogP contribution in [0.15, 0.2) is 0 Å². The fraction of sp³-hybridized carbons (Fsp3) is 0.900. The van der Waals surface area contributed by atoms with Crippen molar-refractivity contribution in [1.29, 1.82) is 0 Å². The van der Waals surface area contributed by atoms with E-state index in [2.05, 4.69) is 0 Å². The van der Waals surface area contributed by atoms with Gasteiger partial charge in [0, 0.05) is 7.11 Å². The van der Waals surface area contributed by atoms with Crippen LogP contribution in [0, 0.1) is 5.92 Å². The summed E-state index contributed by atoms with van der Waals surface area (Å²) < 4.78 is 10.0. The molecule has 1 rings (SSSR count). The zero-order chi connectivity index (χ0) is 9.52. The van der Waals surface area contributed by atoms with Gasteiger partial charge in [0.1, 0.15) is 6.61 Å². The molecule has 0 aromatic carbocycles. The molecule has 0 saturated heterocycles. The summed E-state index contributed by atoms with van der Waals surface area (Å²) in [6.45, 7) is 0.902. The maximum Gasteiger partial charge on any atom is 0.293 e. The highest BCUT2D eigenvalue weighted by atomic mass is 16.5. The smallest absolute Gasteiger partial charge is 0.293 e. The number of carbonyl (C=O) groups is 1. The molecule has 1 saturated carbocycles. The molecule has 1 fully saturated rings. The number of hydrogen-bond acceptors (Lipinski definition) is 3. The highest BCUT2D eigenvalue weighted by Crippen LogP contribution is 2.27. The highest BCUT2D eigenvalue weighted by molar-refractivity contribution is 5.36. The average molecular weight is 186 g/mol. The van der Waals surface area contributed by atoms with E-state index in [1.54, 1.807) is 7.11 Å². The van der Waals surface area contributed by atoms with Crippen molar-refractivity contribution in [1.82, 2.24) is 0 Å². The van der Waals surface area contributed by atoms with E-state index in [4.69, 9.17) is 9.47 Å². The highest BCUT2D eigenvalue weighted by Gasteiger charge is 2.23. The molecule has 0 heterocycles. The zero-order valence-electron chi connectivity index (χ0n) is 8.20. The first kappa shape index (κ1) is 10.5. The van der Waals surface area contributed by atoms with Gasteiger partial charge in [0.05, 0.1) is 6.10 Å². The molecule has 0 aromatic rings. The van der Waals surface area contributed by atoms with Gasteiger partial charge in [-0.1, -0.05) is 19.3 Å². The van der Waals surface area contributed by atoms with E-state index in [0.717, 1.165) is 0 Å². The summed E-state index contributed by atoms with van der Waals surface area (Å²) in [4.78, 5) is 10.0. The predicted molar refractivity (Wildman–Crippen MR) is 49.4 cm³/mol. The van der Waals surface area contributed by atoms with Crippen LogP contribution in [0.1, 0.15) is 32.1 Å². The average Bonchev–Trinajstić information content (AvgIpc) is 2.21. The fourth-order valence-electron chi connectivity index (χ4n) is 2.04. The lowest BCUT2D eigenvalue weighted by Crippen LogP contribution is -2.29. The lowest BCUT2D eigenvalue weighted by Gasteiger charge is -2.28. The molecule has 1 atom stereocenters. The molecule has 0 aliphatic heterocycles. The fourth-order valence-corrected chi connectivity index (χ4v) is 2.04. The summed E-state index contributed by atoms with van der Waals surface area (Å²) in [6, 6.07) is 0. The van der Waals surface area contributed by atoms with Gasteiger partial charge in [0.2, 0.25) is 0 Å². The first-order chi connectivity index (χ1) is 6.38. The maximum absolute atomic E-state index is 10.0. The van der Waals surface area contributed by atoms with Gasteiger partial charge >= 0.3 is 0 Å². The van der Waals surface area contributed by atoms with Gasteiger partial charge in [0.25, 0.3) is 6.47 Å². The normalized spacial score (nSPS) is 21.0. The molecule has 0 spiro atoms. The van der Waals surface area contributed by atoms with Crippen molar-refractivity contribution < 1.29 is 14.3 Å². The first-order valence-corrected chi connectivity index (χ1v) is 4.96. The van der Waals surface area contributed by atoms with Crippen molar-refractivity contribution in [2.45, 2.75) is 38.2 Å². The van der Waals surface area contributed by atoms with E-state index in [0.29, 0.717) is 19.0 Å². The van der Waals surface area contributed by atoms with Crippen molar-refractivity contribution in [3.8, 4) is 0 Å². The molecule has 13 heavy (non-hydrogen) atoms. The van der Waals surface area contributed by atoms with Crippen LogP contribution in [-0.2, 0) is 14.3 Å². The number of carbonyl (C=O) groups excluding carboxylic acids is 1. The van der Waals surface area contributed by atoms with Crippen LogP contribution in [0.2, 0.25) is 0 Å². The van der Waals surface area contributed by atoms with Crippen LogP contribution < -0.4 is 0 Å². The van der Waals surface area contributed by atoms with Crippen molar-refractivity contribution in [3.63, 3.8) is 0 Å². The molecular weight excluding hydrogens is 168 g/mol. The van der Waals surface area contributed by atoms with Crippen LogP contribution in [0.4, 0.5) is 0 Å². The largest absolute Gasteiger partial charge is 0.465 e. The van der Waals surface area contributed by atoms with Gasteiger partial charge in [-0.25, -0.2) is 0 Å². The standard InChI is InChI=1S/C10H18O3/c1-12-10(7-13-8-11)9-5-3-2-4-6-9/h8-10H,2-7H2,1H3. The van der Waals surface area contributed by atoms with E-state index in [1.165, 1.54) is 32.1 Å². The number of ether oxygens (including phenoxy) is 2. The monoisotopic (exact) mass is 186 g/mol. The van der Waals surface area contributed by atoms with E-state index < -0.39 is 0 Å². The summed E-state index contributed by atoms with van der Waals surface area (Å²) in [5.74, 6) is 0.582. The van der Waals surface area contributed by atoms with Crippen LogP contribution in [0.25, 0.3) is 0 Å². The first-order valence-electron chi connectivity index (χ1n) is 4.96. The lowest BCUT2D eigenvalue weighted by atomic mass is 9.85. The second kappa shape index (κ2) is 5.97. The molecule has 0 bridgehead atoms. The van der Waals surface area contributed by atoms with Crippen LogP contribution in [0.3, 0.4) is 0 Å². The van der Waals surface area contributed by atoms with Gasteiger partial charge < -0.3 is 9.47 Å². The molecule has 1 unspecified atom stereocenters. The Morgan fingerprint density at radius 3 is 2.62 bits per heavy atom. The molecule has 1 aliphatic carbocycles. The Morgan fingerprint density at radius 1 is 1.38 bits per heavy atom. The topological polar surface area (TPSA) is 35.5 Å².